The number of rotatable bonds is 5. The molecule has 0 radical (unpaired) electrons. The lowest BCUT2D eigenvalue weighted by molar-refractivity contribution is -0.118. The second kappa shape index (κ2) is 7.45. The van der Waals surface area contributed by atoms with Crippen molar-refractivity contribution < 1.29 is 9.18 Å². The predicted octanol–water partition coefficient (Wildman–Crippen LogP) is 4.00. The molecule has 5 heteroatoms. The van der Waals surface area contributed by atoms with Crippen LogP contribution in [0.1, 0.15) is 5.56 Å². The molecule has 20 heavy (non-hydrogen) atoms. The molecule has 0 bridgehead atoms. The number of carbonyl (C=O) groups is 1. The van der Waals surface area contributed by atoms with E-state index in [1.165, 1.54) is 17.8 Å². The first kappa shape index (κ1) is 15.1. The van der Waals surface area contributed by atoms with Gasteiger partial charge in [0.2, 0.25) is 5.91 Å². The topological polar surface area (TPSA) is 29.1 Å². The molecule has 0 heterocycles. The molecule has 0 aliphatic rings. The maximum atomic E-state index is 13.4. The Bertz CT molecular complexity index is 554. The van der Waals surface area contributed by atoms with E-state index in [0.29, 0.717) is 11.3 Å². The van der Waals surface area contributed by atoms with Crippen LogP contribution in [-0.4, -0.2) is 11.7 Å². The Kier molecular flexibility index (Phi) is 5.61. The molecule has 2 aromatic rings. The molecule has 0 saturated heterocycles. The van der Waals surface area contributed by atoms with Gasteiger partial charge in [-0.15, -0.1) is 11.8 Å². The third-order valence-corrected chi connectivity index (χ3v) is 4.66. The van der Waals surface area contributed by atoms with Gasteiger partial charge >= 0.3 is 0 Å². The first-order valence-corrected chi connectivity index (χ1v) is 7.82. The first-order valence-electron chi connectivity index (χ1n) is 6.04. The lowest BCUT2D eigenvalue weighted by Crippen LogP contribution is -2.25. The summed E-state index contributed by atoms with van der Waals surface area (Å²) in [5.74, 6) is -0.114. The molecule has 2 nitrogen and oxygen atoms in total. The molecule has 1 N–H and O–H groups in total. The summed E-state index contributed by atoms with van der Waals surface area (Å²) in [4.78, 5) is 12.8. The molecule has 0 unspecified atom stereocenters. The zero-order chi connectivity index (χ0) is 14.4. The van der Waals surface area contributed by atoms with Crippen molar-refractivity contribution in [2.75, 3.05) is 5.75 Å². The third-order valence-electron chi connectivity index (χ3n) is 2.63. The van der Waals surface area contributed by atoms with Crippen molar-refractivity contribution in [2.24, 2.45) is 0 Å². The summed E-state index contributed by atoms with van der Waals surface area (Å²) >= 11 is 4.87. The molecular formula is C15H13BrFNOS. The Morgan fingerprint density at radius 1 is 1.15 bits per heavy atom. The summed E-state index contributed by atoms with van der Waals surface area (Å²) in [7, 11) is 0. The van der Waals surface area contributed by atoms with Crippen molar-refractivity contribution in [3.63, 3.8) is 0 Å². The quantitative estimate of drug-likeness (QED) is 0.823. The molecule has 0 fully saturated rings. The molecule has 0 aliphatic heterocycles. The van der Waals surface area contributed by atoms with Crippen molar-refractivity contribution in [3.8, 4) is 0 Å². The van der Waals surface area contributed by atoms with Crippen LogP contribution in [0.25, 0.3) is 0 Å². The van der Waals surface area contributed by atoms with Gasteiger partial charge in [-0.3, -0.25) is 4.79 Å². The van der Waals surface area contributed by atoms with E-state index in [1.807, 2.05) is 24.3 Å². The Morgan fingerprint density at radius 2 is 1.85 bits per heavy atom. The van der Waals surface area contributed by atoms with Gasteiger partial charge in [0, 0.05) is 21.5 Å². The van der Waals surface area contributed by atoms with Crippen LogP contribution in [0.3, 0.4) is 0 Å². The maximum absolute atomic E-state index is 13.4. The van der Waals surface area contributed by atoms with E-state index >= 15 is 0 Å². The van der Waals surface area contributed by atoms with Crippen molar-refractivity contribution in [2.45, 2.75) is 11.4 Å². The van der Waals surface area contributed by atoms with Crippen LogP contribution < -0.4 is 5.32 Å². The molecule has 104 valence electrons. The van der Waals surface area contributed by atoms with Crippen molar-refractivity contribution in [1.29, 1.82) is 0 Å². The van der Waals surface area contributed by atoms with Crippen LogP contribution in [0.4, 0.5) is 4.39 Å². The average molecular weight is 354 g/mol. The number of thioether (sulfide) groups is 1. The zero-order valence-corrected chi connectivity index (χ0v) is 13.0. The minimum absolute atomic E-state index is 0.117. The van der Waals surface area contributed by atoms with E-state index < -0.39 is 0 Å². The highest BCUT2D eigenvalue weighted by molar-refractivity contribution is 9.10. The summed E-state index contributed by atoms with van der Waals surface area (Å²) < 4.78 is 14.3. The lowest BCUT2D eigenvalue weighted by atomic mass is 10.2. The van der Waals surface area contributed by atoms with Crippen LogP contribution in [0.5, 0.6) is 0 Å². The summed E-state index contributed by atoms with van der Waals surface area (Å²) in [6, 6.07) is 14.1. The molecule has 0 aromatic heterocycles. The molecule has 1 amide bonds. The molecule has 0 aliphatic carbocycles. The number of hydrogen-bond donors (Lipinski definition) is 1. The normalized spacial score (nSPS) is 10.3. The SMILES string of the molecule is O=C(CSc1ccccc1Br)NCc1ccccc1F. The number of nitrogens with one attached hydrogen (secondary N) is 1. The Labute approximate surface area is 129 Å². The standard InChI is InChI=1S/C15H13BrFNOS/c16-12-6-2-4-8-14(12)20-10-15(19)18-9-11-5-1-3-7-13(11)17/h1-8H,9-10H2,(H,18,19). The van der Waals surface area contributed by atoms with Gasteiger partial charge in [0.05, 0.1) is 5.75 Å². The summed E-state index contributed by atoms with van der Waals surface area (Å²) in [5.41, 5.74) is 0.492. The van der Waals surface area contributed by atoms with Gasteiger partial charge in [-0.25, -0.2) is 4.39 Å². The van der Waals surface area contributed by atoms with E-state index in [2.05, 4.69) is 21.2 Å². The number of hydrogen-bond acceptors (Lipinski definition) is 2. The Morgan fingerprint density at radius 3 is 2.60 bits per heavy atom. The summed E-state index contributed by atoms with van der Waals surface area (Å²) in [5, 5.41) is 2.71. The van der Waals surface area contributed by atoms with Crippen molar-refractivity contribution in [3.05, 3.63) is 64.4 Å². The maximum Gasteiger partial charge on any atom is 0.230 e. The van der Waals surface area contributed by atoms with E-state index in [1.54, 1.807) is 18.2 Å². The van der Waals surface area contributed by atoms with E-state index in [-0.39, 0.29) is 18.3 Å². The number of halogens is 2. The van der Waals surface area contributed by atoms with E-state index in [9.17, 15) is 9.18 Å². The fraction of sp³-hybridized carbons (Fsp3) is 0.133. The second-order valence-electron chi connectivity index (χ2n) is 4.09. The summed E-state index contributed by atoms with van der Waals surface area (Å²) in [6.45, 7) is 0.210. The van der Waals surface area contributed by atoms with Gasteiger partial charge in [0.25, 0.3) is 0 Å². The minimum atomic E-state index is -0.300. The molecule has 0 atom stereocenters. The highest BCUT2D eigenvalue weighted by atomic mass is 79.9. The third kappa shape index (κ3) is 4.35. The fourth-order valence-corrected chi connectivity index (χ4v) is 2.99. The molecular weight excluding hydrogens is 341 g/mol. The number of benzene rings is 2. The predicted molar refractivity (Wildman–Crippen MR) is 83.1 cm³/mol. The largest absolute Gasteiger partial charge is 0.351 e. The molecule has 2 rings (SSSR count). The number of carbonyl (C=O) groups excluding carboxylic acids is 1. The van der Waals surface area contributed by atoms with Gasteiger partial charge in [0.15, 0.2) is 0 Å². The minimum Gasteiger partial charge on any atom is -0.351 e. The van der Waals surface area contributed by atoms with Gasteiger partial charge in [0.1, 0.15) is 5.82 Å². The van der Waals surface area contributed by atoms with Crippen molar-refractivity contribution in [1.82, 2.24) is 5.32 Å². The van der Waals surface area contributed by atoms with Gasteiger partial charge in [-0.1, -0.05) is 30.3 Å². The highest BCUT2D eigenvalue weighted by Crippen LogP contribution is 2.26. The lowest BCUT2D eigenvalue weighted by Gasteiger charge is -2.07. The average Bonchev–Trinajstić information content (AvgIpc) is 2.45. The van der Waals surface area contributed by atoms with E-state index in [4.69, 9.17) is 0 Å². The van der Waals surface area contributed by atoms with Crippen LogP contribution >= 0.6 is 27.7 Å². The fourth-order valence-electron chi connectivity index (χ4n) is 1.59. The Balaban J connectivity index is 1.82. The molecule has 0 saturated carbocycles. The van der Waals surface area contributed by atoms with Crippen molar-refractivity contribution >= 4 is 33.6 Å². The Hall–Kier alpha value is -1.33. The first-order chi connectivity index (χ1) is 9.66. The number of amides is 1. The van der Waals surface area contributed by atoms with Gasteiger partial charge < -0.3 is 5.32 Å². The zero-order valence-electron chi connectivity index (χ0n) is 10.6. The van der Waals surface area contributed by atoms with E-state index in [0.717, 1.165) is 9.37 Å². The van der Waals surface area contributed by atoms with Gasteiger partial charge in [-0.2, -0.15) is 0 Å². The van der Waals surface area contributed by atoms with Crippen LogP contribution in [0.15, 0.2) is 57.9 Å². The molecule has 2 aromatic carbocycles. The highest BCUT2D eigenvalue weighted by Gasteiger charge is 2.06. The monoisotopic (exact) mass is 353 g/mol. The van der Waals surface area contributed by atoms with Crippen LogP contribution in [-0.2, 0) is 11.3 Å². The smallest absolute Gasteiger partial charge is 0.230 e. The summed E-state index contributed by atoms with van der Waals surface area (Å²) in [6.07, 6.45) is 0. The molecule has 0 spiro atoms. The van der Waals surface area contributed by atoms with Gasteiger partial charge in [-0.05, 0) is 34.1 Å². The second-order valence-corrected chi connectivity index (χ2v) is 5.96. The van der Waals surface area contributed by atoms with Crippen LogP contribution in [0.2, 0.25) is 0 Å². The van der Waals surface area contributed by atoms with Crippen LogP contribution in [0, 0.1) is 5.82 Å².